The van der Waals surface area contributed by atoms with Crippen molar-refractivity contribution in [2.45, 2.75) is 39.9 Å². The molecule has 0 amide bonds. The van der Waals surface area contributed by atoms with Crippen molar-refractivity contribution in [3.8, 4) is 5.75 Å². The summed E-state index contributed by atoms with van der Waals surface area (Å²) < 4.78 is 6.76. The second-order valence-corrected chi connectivity index (χ2v) is 5.14. The van der Waals surface area contributed by atoms with Crippen LogP contribution in [0.5, 0.6) is 5.75 Å². The topological polar surface area (TPSA) is 29.5 Å². The first kappa shape index (κ1) is 12.8. The Hall–Kier alpha value is -0.290. The third-order valence-electron chi connectivity index (χ3n) is 2.11. The van der Waals surface area contributed by atoms with Gasteiger partial charge in [0.25, 0.3) is 0 Å². The molecule has 1 N–H and O–H groups in total. The van der Waals surface area contributed by atoms with Gasteiger partial charge < -0.3 is 9.84 Å². The highest BCUT2D eigenvalue weighted by Crippen LogP contribution is 2.28. The minimum atomic E-state index is -0.452. The average molecular weight is 320 g/mol. The second-order valence-electron chi connectivity index (χ2n) is 3.98. The zero-order valence-corrected chi connectivity index (χ0v) is 11.7. The number of aliphatic hydroxyl groups is 1. The van der Waals surface area contributed by atoms with Crippen molar-refractivity contribution in [3.63, 3.8) is 0 Å². The number of aliphatic hydroxyl groups excluding tert-OH is 1. The Morgan fingerprint density at radius 3 is 2.33 bits per heavy atom. The van der Waals surface area contributed by atoms with E-state index in [1.54, 1.807) is 6.92 Å². The van der Waals surface area contributed by atoms with E-state index in [4.69, 9.17) is 4.74 Å². The Morgan fingerprint density at radius 1 is 1.27 bits per heavy atom. The van der Waals surface area contributed by atoms with Crippen LogP contribution in [0.25, 0.3) is 0 Å². The second kappa shape index (κ2) is 5.16. The molecule has 1 atom stereocenters. The minimum absolute atomic E-state index is 0.158. The number of benzene rings is 1. The molecule has 0 bridgehead atoms. The highest BCUT2D eigenvalue weighted by Gasteiger charge is 2.11. The first-order valence-electron chi connectivity index (χ1n) is 5.06. The van der Waals surface area contributed by atoms with E-state index in [0.29, 0.717) is 0 Å². The fourth-order valence-corrected chi connectivity index (χ4v) is 2.44. The standard InChI is InChI=1S/C12H17IO2/c1-7(2)15-12-6-10(9(4)14)11(13)5-8(12)3/h5-7,9,14H,1-4H3. The van der Waals surface area contributed by atoms with Crippen LogP contribution in [0, 0.1) is 10.5 Å². The number of ether oxygens (including phenoxy) is 1. The van der Waals surface area contributed by atoms with Crippen LogP contribution in [0.3, 0.4) is 0 Å². The molecule has 0 spiro atoms. The first-order chi connectivity index (χ1) is 6.91. The summed E-state index contributed by atoms with van der Waals surface area (Å²) in [6.45, 7) is 7.79. The van der Waals surface area contributed by atoms with Gasteiger partial charge in [0.2, 0.25) is 0 Å². The van der Waals surface area contributed by atoms with Gasteiger partial charge in [-0.3, -0.25) is 0 Å². The van der Waals surface area contributed by atoms with Crippen molar-refractivity contribution >= 4 is 22.6 Å². The molecule has 1 rings (SSSR count). The Bertz CT molecular complexity index is 346. The van der Waals surface area contributed by atoms with E-state index < -0.39 is 6.10 Å². The number of hydrogen-bond acceptors (Lipinski definition) is 2. The largest absolute Gasteiger partial charge is 0.491 e. The molecule has 3 heteroatoms. The fraction of sp³-hybridized carbons (Fsp3) is 0.500. The number of aryl methyl sites for hydroxylation is 1. The lowest BCUT2D eigenvalue weighted by Gasteiger charge is -2.16. The van der Waals surface area contributed by atoms with Gasteiger partial charge in [-0.05, 0) is 73.5 Å². The van der Waals surface area contributed by atoms with Gasteiger partial charge in [0.15, 0.2) is 0 Å². The lowest BCUT2D eigenvalue weighted by atomic mass is 10.1. The van der Waals surface area contributed by atoms with Crippen LogP contribution in [-0.4, -0.2) is 11.2 Å². The van der Waals surface area contributed by atoms with Gasteiger partial charge in [0.1, 0.15) is 5.75 Å². The van der Waals surface area contributed by atoms with Crippen LogP contribution >= 0.6 is 22.6 Å². The van der Waals surface area contributed by atoms with Gasteiger partial charge in [-0.25, -0.2) is 0 Å². The molecule has 1 aromatic rings. The van der Waals surface area contributed by atoms with Crippen LogP contribution < -0.4 is 4.74 Å². The summed E-state index contributed by atoms with van der Waals surface area (Å²) in [6.07, 6.45) is -0.294. The van der Waals surface area contributed by atoms with Crippen molar-refractivity contribution in [1.82, 2.24) is 0 Å². The van der Waals surface area contributed by atoms with Gasteiger partial charge in [-0.15, -0.1) is 0 Å². The van der Waals surface area contributed by atoms with E-state index in [1.165, 1.54) is 0 Å². The molecule has 2 nitrogen and oxygen atoms in total. The molecule has 1 aromatic carbocycles. The predicted molar refractivity (Wildman–Crippen MR) is 70.3 cm³/mol. The third-order valence-corrected chi connectivity index (χ3v) is 3.04. The van der Waals surface area contributed by atoms with E-state index in [2.05, 4.69) is 22.6 Å². The molecule has 0 fully saturated rings. The van der Waals surface area contributed by atoms with Crippen LogP contribution in [0.4, 0.5) is 0 Å². The normalized spacial score (nSPS) is 13.0. The fourth-order valence-electron chi connectivity index (χ4n) is 1.37. The lowest BCUT2D eigenvalue weighted by Crippen LogP contribution is -2.08. The maximum Gasteiger partial charge on any atom is 0.123 e. The van der Waals surface area contributed by atoms with E-state index in [0.717, 1.165) is 20.4 Å². The minimum Gasteiger partial charge on any atom is -0.491 e. The molecule has 0 saturated heterocycles. The summed E-state index contributed by atoms with van der Waals surface area (Å²) in [7, 11) is 0. The van der Waals surface area contributed by atoms with Gasteiger partial charge >= 0.3 is 0 Å². The number of halogens is 1. The maximum atomic E-state index is 9.59. The molecule has 0 aliphatic rings. The van der Waals surface area contributed by atoms with Crippen molar-refractivity contribution in [1.29, 1.82) is 0 Å². The summed E-state index contributed by atoms with van der Waals surface area (Å²) >= 11 is 2.24. The highest BCUT2D eigenvalue weighted by molar-refractivity contribution is 14.1. The summed E-state index contributed by atoms with van der Waals surface area (Å²) in [5.74, 6) is 0.862. The molecule has 0 radical (unpaired) electrons. The van der Waals surface area contributed by atoms with Gasteiger partial charge in [-0.2, -0.15) is 0 Å². The summed E-state index contributed by atoms with van der Waals surface area (Å²) in [5.41, 5.74) is 2.04. The number of rotatable bonds is 3. The highest BCUT2D eigenvalue weighted by atomic mass is 127. The van der Waals surface area contributed by atoms with Crippen LogP contribution in [0.15, 0.2) is 12.1 Å². The quantitative estimate of drug-likeness (QED) is 0.865. The van der Waals surface area contributed by atoms with Gasteiger partial charge in [-0.1, -0.05) is 0 Å². The average Bonchev–Trinajstić information content (AvgIpc) is 2.08. The summed E-state index contributed by atoms with van der Waals surface area (Å²) in [5, 5.41) is 9.59. The predicted octanol–water partition coefficient (Wildman–Crippen LogP) is 3.44. The monoisotopic (exact) mass is 320 g/mol. The molecular formula is C12H17IO2. The lowest BCUT2D eigenvalue weighted by molar-refractivity contribution is 0.196. The molecule has 0 aliphatic heterocycles. The Morgan fingerprint density at radius 2 is 1.87 bits per heavy atom. The SMILES string of the molecule is Cc1cc(I)c(C(C)O)cc1OC(C)C. The number of hydrogen-bond donors (Lipinski definition) is 1. The molecule has 15 heavy (non-hydrogen) atoms. The summed E-state index contributed by atoms with van der Waals surface area (Å²) in [4.78, 5) is 0. The zero-order valence-electron chi connectivity index (χ0n) is 9.54. The maximum absolute atomic E-state index is 9.59. The van der Waals surface area contributed by atoms with Gasteiger partial charge in [0, 0.05) is 3.57 Å². The van der Waals surface area contributed by atoms with Gasteiger partial charge in [0.05, 0.1) is 12.2 Å². The molecule has 0 aliphatic carbocycles. The smallest absolute Gasteiger partial charge is 0.123 e. The summed E-state index contributed by atoms with van der Waals surface area (Å²) in [6, 6.07) is 3.97. The molecule has 0 aromatic heterocycles. The van der Waals surface area contributed by atoms with Crippen molar-refractivity contribution < 1.29 is 9.84 Å². The van der Waals surface area contributed by atoms with Crippen molar-refractivity contribution in [2.75, 3.05) is 0 Å². The molecular weight excluding hydrogens is 303 g/mol. The molecule has 84 valence electrons. The van der Waals surface area contributed by atoms with E-state index in [1.807, 2.05) is 32.9 Å². The Labute approximate surface area is 105 Å². The Balaban J connectivity index is 3.11. The Kier molecular flexibility index (Phi) is 4.40. The molecule has 0 heterocycles. The van der Waals surface area contributed by atoms with Crippen molar-refractivity contribution in [2.24, 2.45) is 0 Å². The van der Waals surface area contributed by atoms with E-state index in [-0.39, 0.29) is 6.10 Å². The molecule has 1 unspecified atom stereocenters. The zero-order chi connectivity index (χ0) is 11.6. The van der Waals surface area contributed by atoms with Crippen molar-refractivity contribution in [3.05, 3.63) is 26.8 Å². The van der Waals surface area contributed by atoms with Crippen LogP contribution in [0.2, 0.25) is 0 Å². The van der Waals surface area contributed by atoms with E-state index in [9.17, 15) is 5.11 Å². The van der Waals surface area contributed by atoms with Crippen LogP contribution in [0.1, 0.15) is 38.0 Å². The van der Waals surface area contributed by atoms with Crippen LogP contribution in [-0.2, 0) is 0 Å². The third kappa shape index (κ3) is 3.34. The first-order valence-corrected chi connectivity index (χ1v) is 6.14. The van der Waals surface area contributed by atoms with E-state index >= 15 is 0 Å². The molecule has 0 saturated carbocycles.